The number of hydrogen-bond donors (Lipinski definition) is 0. The van der Waals surface area contributed by atoms with Crippen molar-refractivity contribution in [1.29, 1.82) is 0 Å². The largest absolute Gasteiger partial charge is 0.473 e. The number of likely N-dealkylation sites (tertiary alicyclic amines) is 1. The van der Waals surface area contributed by atoms with Crippen LogP contribution in [0.4, 0.5) is 0 Å². The molecule has 4 rings (SSSR count). The minimum atomic E-state index is -0.00261. The quantitative estimate of drug-likeness (QED) is 0.667. The molecule has 27 heavy (non-hydrogen) atoms. The van der Waals surface area contributed by atoms with Crippen LogP contribution in [-0.4, -0.2) is 22.3 Å². The molecule has 0 aliphatic carbocycles. The van der Waals surface area contributed by atoms with Gasteiger partial charge < -0.3 is 9.64 Å². The highest BCUT2D eigenvalue weighted by Crippen LogP contribution is 2.37. The molecule has 4 heteroatoms. The predicted molar refractivity (Wildman–Crippen MR) is 104 cm³/mol. The lowest BCUT2D eigenvalue weighted by Gasteiger charge is -2.26. The molecule has 1 saturated heterocycles. The minimum absolute atomic E-state index is 0.00261. The third kappa shape index (κ3) is 3.85. The SMILES string of the molecule is O=C(c1ccccc1)N1CCC[C@@H]1c1cccnc1OCc1ccccc1. The molecule has 0 bridgehead atoms. The van der Waals surface area contributed by atoms with Gasteiger partial charge in [-0.15, -0.1) is 0 Å². The number of pyridine rings is 1. The number of carbonyl (C=O) groups excluding carboxylic acids is 1. The predicted octanol–water partition coefficient (Wildman–Crippen LogP) is 4.64. The summed E-state index contributed by atoms with van der Waals surface area (Å²) in [5, 5.41) is 0. The number of benzene rings is 2. The van der Waals surface area contributed by atoms with Crippen molar-refractivity contribution in [3.63, 3.8) is 0 Å². The van der Waals surface area contributed by atoms with E-state index in [2.05, 4.69) is 4.98 Å². The fraction of sp³-hybridized carbons (Fsp3) is 0.217. The Balaban J connectivity index is 1.56. The summed E-state index contributed by atoms with van der Waals surface area (Å²) in [7, 11) is 0. The lowest BCUT2D eigenvalue weighted by atomic mass is 10.1. The number of aromatic nitrogens is 1. The zero-order chi connectivity index (χ0) is 18.5. The molecule has 0 unspecified atom stereocenters. The Hall–Kier alpha value is -3.14. The van der Waals surface area contributed by atoms with E-state index in [0.717, 1.165) is 36.1 Å². The molecule has 0 saturated carbocycles. The molecule has 1 aliphatic rings. The molecule has 136 valence electrons. The summed E-state index contributed by atoms with van der Waals surface area (Å²) in [6.07, 6.45) is 3.64. The standard InChI is InChI=1S/C23H22N2O2/c26-23(19-11-5-2-6-12-19)25-16-8-14-21(25)20-13-7-15-24-22(20)27-17-18-9-3-1-4-10-18/h1-7,9-13,15,21H,8,14,16-17H2/t21-/m1/s1. The van der Waals surface area contributed by atoms with Crippen LogP contribution in [0.1, 0.15) is 40.4 Å². The van der Waals surface area contributed by atoms with Crippen molar-refractivity contribution in [1.82, 2.24) is 9.88 Å². The topological polar surface area (TPSA) is 42.4 Å². The normalized spacial score (nSPS) is 16.3. The summed E-state index contributed by atoms with van der Waals surface area (Å²) in [5.41, 5.74) is 2.80. The zero-order valence-corrected chi connectivity index (χ0v) is 15.1. The van der Waals surface area contributed by atoms with Crippen molar-refractivity contribution in [2.45, 2.75) is 25.5 Å². The number of amides is 1. The van der Waals surface area contributed by atoms with E-state index in [1.54, 1.807) is 6.20 Å². The first-order valence-corrected chi connectivity index (χ1v) is 9.30. The maximum atomic E-state index is 13.0. The molecular formula is C23H22N2O2. The Kier molecular flexibility index (Phi) is 5.15. The van der Waals surface area contributed by atoms with Crippen LogP contribution in [0.5, 0.6) is 5.88 Å². The van der Waals surface area contributed by atoms with Crippen LogP contribution in [0.25, 0.3) is 0 Å². The Morgan fingerprint density at radius 1 is 1.00 bits per heavy atom. The van der Waals surface area contributed by atoms with Gasteiger partial charge in [0.15, 0.2) is 0 Å². The van der Waals surface area contributed by atoms with Crippen molar-refractivity contribution < 1.29 is 9.53 Å². The van der Waals surface area contributed by atoms with E-state index >= 15 is 0 Å². The van der Waals surface area contributed by atoms with E-state index in [0.29, 0.717) is 12.5 Å². The van der Waals surface area contributed by atoms with Crippen LogP contribution in [0, 0.1) is 0 Å². The van der Waals surface area contributed by atoms with Crippen molar-refractivity contribution in [2.75, 3.05) is 6.54 Å². The number of nitrogens with zero attached hydrogens (tertiary/aromatic N) is 2. The van der Waals surface area contributed by atoms with Crippen molar-refractivity contribution in [3.05, 3.63) is 95.7 Å². The van der Waals surface area contributed by atoms with Gasteiger partial charge in [-0.25, -0.2) is 4.98 Å². The molecule has 2 aromatic carbocycles. The third-order valence-corrected chi connectivity index (χ3v) is 4.91. The van der Waals surface area contributed by atoms with E-state index in [9.17, 15) is 4.79 Å². The fourth-order valence-corrected chi connectivity index (χ4v) is 3.58. The van der Waals surface area contributed by atoms with Crippen LogP contribution in [0.15, 0.2) is 79.0 Å². The number of ether oxygens (including phenoxy) is 1. The molecule has 2 heterocycles. The van der Waals surface area contributed by atoms with Crippen LogP contribution < -0.4 is 4.74 Å². The zero-order valence-electron chi connectivity index (χ0n) is 15.1. The maximum Gasteiger partial charge on any atom is 0.254 e. The van der Waals surface area contributed by atoms with E-state index in [4.69, 9.17) is 4.74 Å². The third-order valence-electron chi connectivity index (χ3n) is 4.91. The lowest BCUT2D eigenvalue weighted by Crippen LogP contribution is -2.30. The second-order valence-corrected chi connectivity index (χ2v) is 6.69. The Morgan fingerprint density at radius 3 is 2.52 bits per heavy atom. The molecule has 3 aromatic rings. The molecule has 0 N–H and O–H groups in total. The lowest BCUT2D eigenvalue weighted by molar-refractivity contribution is 0.0733. The average Bonchev–Trinajstić information content (AvgIpc) is 3.23. The summed E-state index contributed by atoms with van der Waals surface area (Å²) in [6.45, 7) is 1.22. The van der Waals surface area contributed by atoms with Crippen molar-refractivity contribution in [2.24, 2.45) is 0 Å². The molecule has 1 amide bonds. The summed E-state index contributed by atoms with van der Waals surface area (Å²) >= 11 is 0. The Labute approximate surface area is 159 Å². The first-order chi connectivity index (χ1) is 13.3. The summed E-state index contributed by atoms with van der Waals surface area (Å²) in [4.78, 5) is 19.4. The highest BCUT2D eigenvalue weighted by atomic mass is 16.5. The van der Waals surface area contributed by atoms with Gasteiger partial charge in [-0.05, 0) is 36.6 Å². The monoisotopic (exact) mass is 358 g/mol. The first-order valence-electron chi connectivity index (χ1n) is 9.30. The van der Waals surface area contributed by atoms with Gasteiger partial charge in [0.2, 0.25) is 5.88 Å². The smallest absolute Gasteiger partial charge is 0.254 e. The van der Waals surface area contributed by atoms with E-state index in [1.807, 2.05) is 77.7 Å². The van der Waals surface area contributed by atoms with E-state index in [1.165, 1.54) is 0 Å². The highest BCUT2D eigenvalue weighted by molar-refractivity contribution is 5.94. The number of rotatable bonds is 5. The molecule has 1 aliphatic heterocycles. The van der Waals surface area contributed by atoms with E-state index < -0.39 is 0 Å². The molecule has 1 atom stereocenters. The van der Waals surface area contributed by atoms with Gasteiger partial charge in [-0.3, -0.25) is 4.79 Å². The van der Waals surface area contributed by atoms with Crippen molar-refractivity contribution in [3.8, 4) is 5.88 Å². The van der Waals surface area contributed by atoms with Crippen LogP contribution >= 0.6 is 0 Å². The van der Waals surface area contributed by atoms with Crippen LogP contribution in [-0.2, 0) is 6.61 Å². The van der Waals surface area contributed by atoms with Gasteiger partial charge in [-0.1, -0.05) is 54.6 Å². The highest BCUT2D eigenvalue weighted by Gasteiger charge is 2.32. The van der Waals surface area contributed by atoms with Gasteiger partial charge >= 0.3 is 0 Å². The summed E-state index contributed by atoms with van der Waals surface area (Å²) in [5.74, 6) is 0.676. The fourth-order valence-electron chi connectivity index (χ4n) is 3.58. The van der Waals surface area contributed by atoms with Gasteiger partial charge in [-0.2, -0.15) is 0 Å². The summed E-state index contributed by atoms with van der Waals surface area (Å²) < 4.78 is 6.02. The van der Waals surface area contributed by atoms with Gasteiger partial charge in [0.1, 0.15) is 6.61 Å². The van der Waals surface area contributed by atoms with Crippen LogP contribution in [0.2, 0.25) is 0 Å². The Bertz CT molecular complexity index is 897. The van der Waals surface area contributed by atoms with Gasteiger partial charge in [0.25, 0.3) is 5.91 Å². The molecule has 4 nitrogen and oxygen atoms in total. The average molecular weight is 358 g/mol. The number of hydrogen-bond acceptors (Lipinski definition) is 3. The minimum Gasteiger partial charge on any atom is -0.473 e. The molecule has 1 fully saturated rings. The van der Waals surface area contributed by atoms with Gasteiger partial charge in [0.05, 0.1) is 6.04 Å². The molecular weight excluding hydrogens is 336 g/mol. The van der Waals surface area contributed by atoms with E-state index in [-0.39, 0.29) is 11.9 Å². The van der Waals surface area contributed by atoms with Crippen molar-refractivity contribution >= 4 is 5.91 Å². The number of carbonyl (C=O) groups is 1. The maximum absolute atomic E-state index is 13.0. The second-order valence-electron chi connectivity index (χ2n) is 6.69. The van der Waals surface area contributed by atoms with Crippen LogP contribution in [0.3, 0.4) is 0 Å². The second kappa shape index (κ2) is 8.04. The molecule has 1 aromatic heterocycles. The molecule has 0 radical (unpaired) electrons. The first kappa shape index (κ1) is 17.3. The summed E-state index contributed by atoms with van der Waals surface area (Å²) in [6, 6.07) is 23.4. The Morgan fingerprint density at radius 2 is 1.74 bits per heavy atom. The van der Waals surface area contributed by atoms with Gasteiger partial charge in [0, 0.05) is 23.9 Å². The molecule has 0 spiro atoms.